The van der Waals surface area contributed by atoms with Gasteiger partial charge in [-0.2, -0.15) is 13.2 Å². The molecule has 2 aromatic rings. The highest BCUT2D eigenvalue weighted by molar-refractivity contribution is 5.89. The molecule has 1 aromatic carbocycles. The highest BCUT2D eigenvalue weighted by atomic mass is 19.4. The summed E-state index contributed by atoms with van der Waals surface area (Å²) >= 11 is 0. The molecule has 0 aliphatic carbocycles. The second kappa shape index (κ2) is 8.09. The van der Waals surface area contributed by atoms with Gasteiger partial charge in [-0.15, -0.1) is 0 Å². The van der Waals surface area contributed by atoms with Gasteiger partial charge in [0, 0.05) is 37.3 Å². The van der Waals surface area contributed by atoms with Crippen LogP contribution < -0.4 is 11.5 Å². The first-order chi connectivity index (χ1) is 15.0. The van der Waals surface area contributed by atoms with E-state index in [4.69, 9.17) is 16.2 Å². The summed E-state index contributed by atoms with van der Waals surface area (Å²) in [6.07, 6.45) is -8.66. The lowest BCUT2D eigenvalue weighted by molar-refractivity contribution is -0.269. The van der Waals surface area contributed by atoms with Gasteiger partial charge in [0.15, 0.2) is 11.9 Å². The van der Waals surface area contributed by atoms with E-state index in [9.17, 15) is 26.7 Å². The number of alkyl halides is 3. The molecule has 7 nitrogen and oxygen atoms in total. The van der Waals surface area contributed by atoms with Gasteiger partial charge < -0.3 is 20.8 Å². The fourth-order valence-corrected chi connectivity index (χ4v) is 4.59. The number of benzene rings is 1. The maximum absolute atomic E-state index is 14.2. The third-order valence-corrected chi connectivity index (χ3v) is 6.00. The van der Waals surface area contributed by atoms with Crippen LogP contribution in [0.1, 0.15) is 47.0 Å². The molecule has 0 radical (unpaired) electrons. The summed E-state index contributed by atoms with van der Waals surface area (Å²) in [5, 5.41) is 0. The summed E-state index contributed by atoms with van der Waals surface area (Å²) in [6.45, 7) is 2.29. The maximum atomic E-state index is 14.2. The molecule has 1 amide bonds. The average Bonchev–Trinajstić information content (AvgIpc) is 3.26. The van der Waals surface area contributed by atoms with Crippen molar-refractivity contribution in [1.82, 2.24) is 14.5 Å². The Bertz CT molecular complexity index is 1040. The standard InChI is InChI=1S/C20H22F5N5O2/c1-2-30-15-8-29(7-13(15)28-19(30)18(27)31)14-6-12(26)16(32-17(14)20(23,24)25)10-5-9(21)3-4-11(10)22/h3-5,12,14,16-17H,2,6-8,26H2,1H3,(H2,27,31)/t12-,14+,16+,17?/m0/s1. The predicted octanol–water partition coefficient (Wildman–Crippen LogP) is 2.38. The molecule has 1 unspecified atom stereocenters. The van der Waals surface area contributed by atoms with E-state index in [1.165, 1.54) is 4.90 Å². The minimum atomic E-state index is -4.77. The highest BCUT2D eigenvalue weighted by Crippen LogP contribution is 2.42. The molecule has 0 bridgehead atoms. The van der Waals surface area contributed by atoms with Gasteiger partial charge in [-0.1, -0.05) is 0 Å². The molecule has 0 saturated carbocycles. The van der Waals surface area contributed by atoms with E-state index < -0.39 is 48.0 Å². The number of ether oxygens (including phenoxy) is 1. The lowest BCUT2D eigenvalue weighted by Gasteiger charge is -2.44. The van der Waals surface area contributed by atoms with Gasteiger partial charge in [0.05, 0.1) is 11.4 Å². The predicted molar refractivity (Wildman–Crippen MR) is 102 cm³/mol. The van der Waals surface area contributed by atoms with Gasteiger partial charge >= 0.3 is 6.18 Å². The Morgan fingerprint density at radius 2 is 2.00 bits per heavy atom. The summed E-state index contributed by atoms with van der Waals surface area (Å²) in [4.78, 5) is 17.3. The first-order valence-corrected chi connectivity index (χ1v) is 10.1. The summed E-state index contributed by atoms with van der Waals surface area (Å²) in [6, 6.07) is 0.331. The van der Waals surface area contributed by atoms with Gasteiger partial charge in [0.2, 0.25) is 0 Å². The van der Waals surface area contributed by atoms with Gasteiger partial charge in [0.1, 0.15) is 17.7 Å². The minimum absolute atomic E-state index is 0.0505. The first-order valence-electron chi connectivity index (χ1n) is 10.1. The van der Waals surface area contributed by atoms with Crippen molar-refractivity contribution in [3.63, 3.8) is 0 Å². The van der Waals surface area contributed by atoms with Gasteiger partial charge in [-0.05, 0) is 31.5 Å². The van der Waals surface area contributed by atoms with Crippen molar-refractivity contribution in [3.05, 3.63) is 52.6 Å². The molecule has 32 heavy (non-hydrogen) atoms. The molecule has 1 aromatic heterocycles. The van der Waals surface area contributed by atoms with Crippen molar-refractivity contribution in [2.75, 3.05) is 0 Å². The van der Waals surface area contributed by atoms with Gasteiger partial charge in [-0.25, -0.2) is 13.8 Å². The first kappa shape index (κ1) is 22.6. The van der Waals surface area contributed by atoms with Crippen LogP contribution in [0.2, 0.25) is 0 Å². The molecule has 174 valence electrons. The Morgan fingerprint density at radius 1 is 1.28 bits per heavy atom. The van der Waals surface area contributed by atoms with Crippen molar-refractivity contribution >= 4 is 5.91 Å². The zero-order valence-electron chi connectivity index (χ0n) is 17.1. The zero-order chi connectivity index (χ0) is 23.4. The number of carbonyl (C=O) groups excluding carboxylic acids is 1. The number of nitrogens with zero attached hydrogens (tertiary/aromatic N) is 3. The van der Waals surface area contributed by atoms with Gasteiger partial charge in [0.25, 0.3) is 5.91 Å². The molecule has 4 N–H and O–H groups in total. The van der Waals surface area contributed by atoms with Crippen molar-refractivity contribution in [2.24, 2.45) is 11.5 Å². The van der Waals surface area contributed by atoms with E-state index in [0.717, 1.165) is 18.2 Å². The molecular formula is C20H22F5N5O2. The normalized spacial score (nSPS) is 26.3. The topological polar surface area (TPSA) is 99.4 Å². The zero-order valence-corrected chi connectivity index (χ0v) is 17.1. The molecule has 1 fully saturated rings. The molecule has 1 saturated heterocycles. The summed E-state index contributed by atoms with van der Waals surface area (Å²) in [5.41, 5.74) is 12.2. The maximum Gasteiger partial charge on any atom is 0.416 e. The third-order valence-electron chi connectivity index (χ3n) is 6.00. The van der Waals surface area contributed by atoms with E-state index in [0.29, 0.717) is 17.9 Å². The smallest absolute Gasteiger partial charge is 0.363 e. The molecule has 0 spiro atoms. The number of primary amides is 1. The molecular weight excluding hydrogens is 437 g/mol. The third kappa shape index (κ3) is 3.86. The van der Waals surface area contributed by atoms with E-state index in [2.05, 4.69) is 4.98 Å². The Hall–Kier alpha value is -2.57. The number of rotatable bonds is 4. The van der Waals surface area contributed by atoms with E-state index in [-0.39, 0.29) is 30.9 Å². The number of fused-ring (bicyclic) bond motifs is 1. The van der Waals surface area contributed by atoms with Crippen LogP contribution in [0, 0.1) is 11.6 Å². The van der Waals surface area contributed by atoms with Crippen LogP contribution in [0.5, 0.6) is 0 Å². The number of imidazole rings is 1. The summed E-state index contributed by atoms with van der Waals surface area (Å²) in [7, 11) is 0. The van der Waals surface area contributed by atoms with Crippen molar-refractivity contribution in [1.29, 1.82) is 0 Å². The highest BCUT2D eigenvalue weighted by Gasteiger charge is 2.54. The molecule has 12 heteroatoms. The largest absolute Gasteiger partial charge is 0.416 e. The van der Waals surface area contributed by atoms with Gasteiger partial charge in [-0.3, -0.25) is 9.69 Å². The number of halogens is 5. The van der Waals surface area contributed by atoms with Crippen LogP contribution in [0.3, 0.4) is 0 Å². The number of nitrogens with two attached hydrogens (primary N) is 2. The number of aromatic nitrogens is 2. The quantitative estimate of drug-likeness (QED) is 0.684. The molecule has 2 aliphatic heterocycles. The monoisotopic (exact) mass is 459 g/mol. The Labute approximate surface area is 180 Å². The van der Waals surface area contributed by atoms with Crippen molar-refractivity contribution in [2.45, 2.75) is 63.4 Å². The number of amides is 1. The molecule has 3 heterocycles. The van der Waals surface area contributed by atoms with Crippen LogP contribution in [0.25, 0.3) is 0 Å². The average molecular weight is 459 g/mol. The van der Waals surface area contributed by atoms with Crippen LogP contribution in [-0.2, 0) is 24.4 Å². The number of carbonyl (C=O) groups is 1. The number of hydrogen-bond acceptors (Lipinski definition) is 5. The fraction of sp³-hybridized carbons (Fsp3) is 0.500. The molecule has 4 atom stereocenters. The SMILES string of the molecule is CCn1c(C(N)=O)nc2c1CN([C@@H]1C[C@H](N)[C@@H](c3cc(F)ccc3F)OC1C(F)(F)F)C2. The number of hydrogen-bond donors (Lipinski definition) is 2. The van der Waals surface area contributed by atoms with E-state index >= 15 is 0 Å². The van der Waals surface area contributed by atoms with Crippen LogP contribution >= 0.6 is 0 Å². The Kier molecular flexibility index (Phi) is 5.72. The summed E-state index contributed by atoms with van der Waals surface area (Å²) in [5.74, 6) is -2.35. The van der Waals surface area contributed by atoms with Crippen LogP contribution in [0.15, 0.2) is 18.2 Å². The van der Waals surface area contributed by atoms with Crippen LogP contribution in [-0.4, -0.2) is 44.7 Å². The molecule has 2 aliphatic rings. The van der Waals surface area contributed by atoms with Crippen molar-refractivity contribution in [3.8, 4) is 0 Å². The second-order valence-corrected chi connectivity index (χ2v) is 7.99. The Balaban J connectivity index is 1.63. The van der Waals surface area contributed by atoms with E-state index in [1.807, 2.05) is 0 Å². The second-order valence-electron chi connectivity index (χ2n) is 7.99. The Morgan fingerprint density at radius 3 is 2.62 bits per heavy atom. The summed E-state index contributed by atoms with van der Waals surface area (Å²) < 4.78 is 76.6. The lowest BCUT2D eigenvalue weighted by Crippen LogP contribution is -2.58. The fourth-order valence-electron chi connectivity index (χ4n) is 4.59. The van der Waals surface area contributed by atoms with Crippen LogP contribution in [0.4, 0.5) is 22.0 Å². The molecule has 4 rings (SSSR count). The minimum Gasteiger partial charge on any atom is -0.363 e. The lowest BCUT2D eigenvalue weighted by atomic mass is 9.89. The van der Waals surface area contributed by atoms with Crippen molar-refractivity contribution < 1.29 is 31.5 Å². The van der Waals surface area contributed by atoms with E-state index in [1.54, 1.807) is 11.5 Å².